The van der Waals surface area contributed by atoms with Gasteiger partial charge in [-0.1, -0.05) is 6.07 Å². The number of amides is 2. The van der Waals surface area contributed by atoms with Crippen LogP contribution in [0.15, 0.2) is 36.7 Å². The van der Waals surface area contributed by atoms with Gasteiger partial charge in [0, 0.05) is 70.7 Å². The van der Waals surface area contributed by atoms with Gasteiger partial charge < -0.3 is 14.5 Å². The van der Waals surface area contributed by atoms with Crippen LogP contribution in [-0.4, -0.2) is 89.7 Å². The summed E-state index contributed by atoms with van der Waals surface area (Å²) < 4.78 is 47.4. The molecule has 3 unspecified atom stereocenters. The number of aromatic nitrogens is 2. The molecule has 3 aliphatic rings. The smallest absolute Gasteiger partial charge is 0.379 e. The number of anilines is 1. The quantitative estimate of drug-likeness (QED) is 0.453. The molecule has 2 aromatic rings. The van der Waals surface area contributed by atoms with Crippen LogP contribution in [0, 0.1) is 17.2 Å². The summed E-state index contributed by atoms with van der Waals surface area (Å²) in [4.78, 5) is 39.2. The van der Waals surface area contributed by atoms with Crippen LogP contribution in [0.3, 0.4) is 0 Å². The fourth-order valence-corrected chi connectivity index (χ4v) is 5.66. The van der Waals surface area contributed by atoms with Crippen LogP contribution in [0.4, 0.5) is 19.0 Å². The first-order chi connectivity index (χ1) is 19.8. The number of carbonyl (C=O) groups is 2. The minimum Gasteiger partial charge on any atom is -0.379 e. The summed E-state index contributed by atoms with van der Waals surface area (Å²) in [5.74, 6) is -2.49. The van der Waals surface area contributed by atoms with E-state index in [-0.39, 0.29) is 32.2 Å². The normalized spacial score (nSPS) is 23.2. The Hall–Kier alpha value is -3.80. The van der Waals surface area contributed by atoms with Gasteiger partial charge in [-0.05, 0) is 30.2 Å². The molecule has 2 amide bonds. The molecule has 0 bridgehead atoms. The van der Waals surface area contributed by atoms with Gasteiger partial charge >= 0.3 is 6.18 Å². The number of alkyl halides is 3. The van der Waals surface area contributed by atoms with Gasteiger partial charge in [-0.2, -0.15) is 18.4 Å². The molecule has 14 heteroatoms. The van der Waals surface area contributed by atoms with Crippen LogP contribution < -0.4 is 15.8 Å². The van der Waals surface area contributed by atoms with E-state index in [1.165, 1.54) is 6.20 Å². The van der Waals surface area contributed by atoms with Crippen molar-refractivity contribution in [2.24, 2.45) is 5.92 Å². The monoisotopic (exact) mass is 572 g/mol. The van der Waals surface area contributed by atoms with Crippen molar-refractivity contribution in [1.29, 1.82) is 5.26 Å². The topological polar surface area (TPSA) is 127 Å². The largest absolute Gasteiger partial charge is 0.402 e. The number of nitriles is 1. The van der Waals surface area contributed by atoms with E-state index in [4.69, 9.17) is 10.00 Å². The number of rotatable bonds is 8. The van der Waals surface area contributed by atoms with Crippen molar-refractivity contribution in [3.05, 3.63) is 53.5 Å². The number of ether oxygens (including phenoxy) is 1. The molecule has 0 spiro atoms. The molecule has 41 heavy (non-hydrogen) atoms. The number of halogens is 3. The van der Waals surface area contributed by atoms with Gasteiger partial charge in [0.05, 0.1) is 23.9 Å². The van der Waals surface area contributed by atoms with Crippen LogP contribution in [0.2, 0.25) is 0 Å². The fourth-order valence-electron chi connectivity index (χ4n) is 5.66. The summed E-state index contributed by atoms with van der Waals surface area (Å²) in [6, 6.07) is 7.46. The Morgan fingerprint density at radius 1 is 1.17 bits per heavy atom. The molecule has 11 nitrogen and oxygen atoms in total. The average molecular weight is 573 g/mol. The molecule has 2 N–H and O–H groups in total. The minimum absolute atomic E-state index is 0.0165. The molecule has 3 aliphatic heterocycles. The Morgan fingerprint density at radius 3 is 2.68 bits per heavy atom. The average Bonchev–Trinajstić information content (AvgIpc) is 3.34. The van der Waals surface area contributed by atoms with Crippen molar-refractivity contribution in [1.82, 2.24) is 30.6 Å². The number of fused-ring (bicyclic) bond motifs is 1. The van der Waals surface area contributed by atoms with Crippen LogP contribution >= 0.6 is 0 Å². The lowest BCUT2D eigenvalue weighted by Crippen LogP contribution is -2.64. The lowest BCUT2D eigenvalue weighted by Gasteiger charge is -2.40. The predicted octanol–water partition coefficient (Wildman–Crippen LogP) is 1.53. The molecule has 0 aliphatic carbocycles. The third-order valence-corrected chi connectivity index (χ3v) is 7.75. The molecule has 0 saturated carbocycles. The number of pyridine rings is 2. The predicted molar refractivity (Wildman–Crippen MR) is 140 cm³/mol. The van der Waals surface area contributed by atoms with Gasteiger partial charge in [0.15, 0.2) is 5.92 Å². The maximum Gasteiger partial charge on any atom is 0.402 e. The Bertz CT molecular complexity index is 1280. The lowest BCUT2D eigenvalue weighted by molar-refractivity contribution is -0.203. The highest BCUT2D eigenvalue weighted by Gasteiger charge is 2.55. The van der Waals surface area contributed by atoms with Crippen LogP contribution in [0.1, 0.15) is 35.7 Å². The van der Waals surface area contributed by atoms with Gasteiger partial charge in [-0.3, -0.25) is 24.9 Å². The van der Waals surface area contributed by atoms with Crippen LogP contribution in [0.25, 0.3) is 0 Å². The highest BCUT2D eigenvalue weighted by atomic mass is 19.4. The number of hydrogen-bond acceptors (Lipinski definition) is 9. The van der Waals surface area contributed by atoms with E-state index < -0.39 is 30.1 Å². The molecule has 218 valence electrons. The molecule has 0 aromatic carbocycles. The molecular weight excluding hydrogens is 541 g/mol. The van der Waals surface area contributed by atoms with Gasteiger partial charge in [-0.15, -0.1) is 0 Å². The molecule has 2 saturated heterocycles. The standard InChI is InChI=1S/C27H31F3N8O3/c28-27(29,30)24-20(15-34-35-26(24)40)38-16-19-3-1-7-32-25(19)21(38)17-41-12-2-4-23(39)37-10-8-36(9-11-37)22-6-5-18(13-31)14-33-22/h1,3,5-7,14,20-21,24,34H,2,4,8-12,15-17H2,(H,35,40). The summed E-state index contributed by atoms with van der Waals surface area (Å²) in [5.41, 5.74) is 6.63. The Labute approximate surface area is 235 Å². The Morgan fingerprint density at radius 2 is 1.98 bits per heavy atom. The summed E-state index contributed by atoms with van der Waals surface area (Å²) in [7, 11) is 0. The maximum atomic E-state index is 13.9. The van der Waals surface area contributed by atoms with Crippen molar-refractivity contribution >= 4 is 17.6 Å². The van der Waals surface area contributed by atoms with Crippen molar-refractivity contribution in [2.45, 2.75) is 37.6 Å². The number of hydrazine groups is 1. The van der Waals surface area contributed by atoms with E-state index in [0.29, 0.717) is 50.3 Å². The summed E-state index contributed by atoms with van der Waals surface area (Å²) >= 11 is 0. The zero-order chi connectivity index (χ0) is 29.0. The number of hydrogen-bond donors (Lipinski definition) is 2. The second kappa shape index (κ2) is 12.4. The van der Waals surface area contributed by atoms with E-state index in [0.717, 1.165) is 11.4 Å². The maximum absolute atomic E-state index is 13.9. The first-order valence-corrected chi connectivity index (χ1v) is 13.5. The molecular formula is C27H31F3N8O3. The van der Waals surface area contributed by atoms with Crippen molar-refractivity contribution in [3.63, 3.8) is 0 Å². The molecule has 0 radical (unpaired) electrons. The SMILES string of the molecule is N#Cc1ccc(N2CCN(C(=O)CCCOCC3c4ncccc4CN3C3CNNC(=O)C3C(F)(F)F)CC2)nc1. The van der Waals surface area contributed by atoms with Gasteiger partial charge in [-0.25, -0.2) is 10.4 Å². The minimum atomic E-state index is -4.70. The van der Waals surface area contributed by atoms with E-state index in [1.807, 2.05) is 12.1 Å². The van der Waals surface area contributed by atoms with E-state index in [1.54, 1.807) is 34.2 Å². The van der Waals surface area contributed by atoms with Gasteiger partial charge in [0.2, 0.25) is 11.8 Å². The molecule has 5 rings (SSSR count). The molecule has 2 aromatic heterocycles. The van der Waals surface area contributed by atoms with Crippen LogP contribution in [-0.2, 0) is 20.9 Å². The highest BCUT2D eigenvalue weighted by Crippen LogP contribution is 2.40. The fraction of sp³-hybridized carbons (Fsp3) is 0.519. The number of carbonyl (C=O) groups excluding carboxylic acids is 2. The summed E-state index contributed by atoms with van der Waals surface area (Å²) in [6.45, 7) is 2.91. The van der Waals surface area contributed by atoms with Gasteiger partial charge in [0.1, 0.15) is 11.9 Å². The number of piperazine rings is 1. The first kappa shape index (κ1) is 28.7. The molecule has 3 atom stereocenters. The van der Waals surface area contributed by atoms with Crippen molar-refractivity contribution < 1.29 is 27.5 Å². The van der Waals surface area contributed by atoms with E-state index in [9.17, 15) is 22.8 Å². The zero-order valence-corrected chi connectivity index (χ0v) is 22.3. The summed E-state index contributed by atoms with van der Waals surface area (Å²) in [6.07, 6.45) is -0.811. The lowest BCUT2D eigenvalue weighted by atomic mass is 9.94. The Balaban J connectivity index is 1.11. The second-order valence-electron chi connectivity index (χ2n) is 10.3. The van der Waals surface area contributed by atoms with Crippen molar-refractivity contribution in [2.75, 3.05) is 50.8 Å². The van der Waals surface area contributed by atoms with E-state index in [2.05, 4.69) is 25.7 Å². The van der Waals surface area contributed by atoms with E-state index >= 15 is 0 Å². The van der Waals surface area contributed by atoms with Gasteiger partial charge in [0.25, 0.3) is 0 Å². The van der Waals surface area contributed by atoms with Crippen molar-refractivity contribution in [3.8, 4) is 6.07 Å². The zero-order valence-electron chi connectivity index (χ0n) is 22.3. The third kappa shape index (κ3) is 6.42. The third-order valence-electron chi connectivity index (χ3n) is 7.75. The number of nitrogens with zero attached hydrogens (tertiary/aromatic N) is 6. The van der Waals surface area contributed by atoms with Crippen LogP contribution in [0.5, 0.6) is 0 Å². The number of nitrogens with one attached hydrogen (secondary N) is 2. The summed E-state index contributed by atoms with van der Waals surface area (Å²) in [5, 5.41) is 8.93. The Kier molecular flexibility index (Phi) is 8.67. The second-order valence-corrected chi connectivity index (χ2v) is 10.3. The molecule has 5 heterocycles. The molecule has 2 fully saturated rings. The highest BCUT2D eigenvalue weighted by molar-refractivity contribution is 5.80. The first-order valence-electron chi connectivity index (χ1n) is 13.5.